The van der Waals surface area contributed by atoms with Crippen molar-refractivity contribution in [2.75, 3.05) is 5.32 Å². The molecule has 1 amide bonds. The van der Waals surface area contributed by atoms with E-state index in [-0.39, 0.29) is 12.3 Å². The van der Waals surface area contributed by atoms with Crippen molar-refractivity contribution in [2.24, 2.45) is 0 Å². The summed E-state index contributed by atoms with van der Waals surface area (Å²) < 4.78 is 0.903. The van der Waals surface area contributed by atoms with E-state index in [0.29, 0.717) is 17.1 Å². The Hall–Kier alpha value is -1.73. The van der Waals surface area contributed by atoms with Crippen LogP contribution >= 0.6 is 27.3 Å². The highest BCUT2D eigenvalue weighted by molar-refractivity contribution is 9.10. The molecule has 7 heteroatoms. The number of aromatic nitrogens is 1. The standard InChI is InChI=1S/C14H13BrN2O3S/c1-8-11(6-7-12(18)19)21-14(16-8)17-13(20)9-2-4-10(15)5-3-9/h2-5H,6-7H2,1H3,(H,18,19)(H,16,17,20). The number of hydrogen-bond donors (Lipinski definition) is 2. The zero-order valence-corrected chi connectivity index (χ0v) is 13.6. The zero-order chi connectivity index (χ0) is 15.4. The lowest BCUT2D eigenvalue weighted by Gasteiger charge is -2.01. The van der Waals surface area contributed by atoms with E-state index in [1.807, 2.05) is 6.92 Å². The van der Waals surface area contributed by atoms with Gasteiger partial charge in [0.15, 0.2) is 5.13 Å². The van der Waals surface area contributed by atoms with Gasteiger partial charge < -0.3 is 5.11 Å². The highest BCUT2D eigenvalue weighted by atomic mass is 79.9. The first-order valence-corrected chi connectivity index (χ1v) is 7.81. The smallest absolute Gasteiger partial charge is 0.303 e. The molecule has 0 bridgehead atoms. The molecule has 110 valence electrons. The summed E-state index contributed by atoms with van der Waals surface area (Å²) in [6.07, 6.45) is 0.482. The van der Waals surface area contributed by atoms with Crippen LogP contribution in [0, 0.1) is 6.92 Å². The van der Waals surface area contributed by atoms with Crippen molar-refractivity contribution >= 4 is 44.3 Å². The van der Waals surface area contributed by atoms with E-state index >= 15 is 0 Å². The number of carbonyl (C=O) groups is 2. The first kappa shape index (κ1) is 15.7. The predicted octanol–water partition coefficient (Wildman–Crippen LogP) is 3.48. The van der Waals surface area contributed by atoms with Gasteiger partial charge in [-0.05, 0) is 37.6 Å². The molecule has 0 aliphatic heterocycles. The second-order valence-corrected chi connectivity index (χ2v) is 6.38. The minimum Gasteiger partial charge on any atom is -0.481 e. The fraction of sp³-hybridized carbons (Fsp3) is 0.214. The second kappa shape index (κ2) is 6.82. The summed E-state index contributed by atoms with van der Waals surface area (Å²) >= 11 is 4.63. The van der Waals surface area contributed by atoms with Crippen LogP contribution in [-0.4, -0.2) is 22.0 Å². The molecule has 0 aliphatic rings. The number of hydrogen-bond acceptors (Lipinski definition) is 4. The van der Waals surface area contributed by atoms with Gasteiger partial charge in [-0.1, -0.05) is 15.9 Å². The van der Waals surface area contributed by atoms with Crippen LogP contribution in [-0.2, 0) is 11.2 Å². The number of nitrogens with one attached hydrogen (secondary N) is 1. The van der Waals surface area contributed by atoms with E-state index in [9.17, 15) is 9.59 Å². The fourth-order valence-electron chi connectivity index (χ4n) is 1.70. The Morgan fingerprint density at radius 2 is 2.00 bits per heavy atom. The Morgan fingerprint density at radius 1 is 1.33 bits per heavy atom. The van der Waals surface area contributed by atoms with Gasteiger partial charge in [0.25, 0.3) is 5.91 Å². The van der Waals surface area contributed by atoms with Crippen LogP contribution in [0.15, 0.2) is 28.7 Å². The molecule has 0 saturated heterocycles. The molecule has 0 unspecified atom stereocenters. The molecule has 0 atom stereocenters. The van der Waals surface area contributed by atoms with Crippen LogP contribution < -0.4 is 5.32 Å². The van der Waals surface area contributed by atoms with E-state index < -0.39 is 5.97 Å². The maximum atomic E-state index is 12.1. The van der Waals surface area contributed by atoms with Gasteiger partial charge in [0, 0.05) is 14.9 Å². The molecule has 0 fully saturated rings. The third kappa shape index (κ3) is 4.37. The molecule has 2 rings (SSSR count). The number of aliphatic carboxylic acids is 1. The normalized spacial score (nSPS) is 10.4. The van der Waals surface area contributed by atoms with E-state index in [2.05, 4.69) is 26.2 Å². The molecule has 0 saturated carbocycles. The molecule has 0 radical (unpaired) electrons. The molecule has 2 aromatic rings. The van der Waals surface area contributed by atoms with Crippen LogP contribution in [0.25, 0.3) is 0 Å². The van der Waals surface area contributed by atoms with Gasteiger partial charge in [-0.3, -0.25) is 14.9 Å². The molecular weight excluding hydrogens is 356 g/mol. The summed E-state index contributed by atoms with van der Waals surface area (Å²) in [4.78, 5) is 27.8. The van der Waals surface area contributed by atoms with Crippen molar-refractivity contribution in [3.63, 3.8) is 0 Å². The fourth-order valence-corrected chi connectivity index (χ4v) is 2.93. The van der Waals surface area contributed by atoms with Gasteiger partial charge in [-0.25, -0.2) is 4.98 Å². The van der Waals surface area contributed by atoms with E-state index in [1.165, 1.54) is 11.3 Å². The van der Waals surface area contributed by atoms with Crippen LogP contribution in [0.5, 0.6) is 0 Å². The molecule has 0 aliphatic carbocycles. The third-order valence-corrected chi connectivity index (χ3v) is 4.45. The minimum absolute atomic E-state index is 0.0587. The van der Waals surface area contributed by atoms with Crippen molar-refractivity contribution in [3.05, 3.63) is 44.9 Å². The van der Waals surface area contributed by atoms with Crippen molar-refractivity contribution in [1.29, 1.82) is 0 Å². The molecule has 21 heavy (non-hydrogen) atoms. The van der Waals surface area contributed by atoms with Crippen molar-refractivity contribution < 1.29 is 14.7 Å². The number of amides is 1. The van der Waals surface area contributed by atoms with Crippen molar-refractivity contribution in [2.45, 2.75) is 19.8 Å². The van der Waals surface area contributed by atoms with E-state index in [1.54, 1.807) is 24.3 Å². The molecule has 1 aromatic carbocycles. The predicted molar refractivity (Wildman–Crippen MR) is 84.9 cm³/mol. The lowest BCUT2D eigenvalue weighted by molar-refractivity contribution is -0.136. The zero-order valence-electron chi connectivity index (χ0n) is 11.2. The Morgan fingerprint density at radius 3 is 2.62 bits per heavy atom. The summed E-state index contributed by atoms with van der Waals surface area (Å²) in [5.74, 6) is -1.08. The lowest BCUT2D eigenvalue weighted by Crippen LogP contribution is -2.11. The minimum atomic E-state index is -0.844. The quantitative estimate of drug-likeness (QED) is 0.846. The third-order valence-electron chi connectivity index (χ3n) is 2.79. The molecule has 2 N–H and O–H groups in total. The van der Waals surface area contributed by atoms with E-state index in [0.717, 1.165) is 15.0 Å². The molecular formula is C14H13BrN2O3S. The summed E-state index contributed by atoms with van der Waals surface area (Å²) in [7, 11) is 0. The van der Waals surface area contributed by atoms with Crippen LogP contribution in [0.2, 0.25) is 0 Å². The second-order valence-electron chi connectivity index (χ2n) is 4.38. The molecule has 1 heterocycles. The maximum absolute atomic E-state index is 12.1. The highest BCUT2D eigenvalue weighted by Crippen LogP contribution is 2.24. The average Bonchev–Trinajstić information content (AvgIpc) is 2.77. The van der Waals surface area contributed by atoms with Gasteiger partial charge in [0.2, 0.25) is 0 Å². The molecule has 1 aromatic heterocycles. The molecule has 5 nitrogen and oxygen atoms in total. The summed E-state index contributed by atoms with van der Waals surface area (Å²) in [6.45, 7) is 1.81. The number of carboxylic acids is 1. The number of carboxylic acid groups (broad SMARTS) is 1. The summed E-state index contributed by atoms with van der Waals surface area (Å²) in [5.41, 5.74) is 1.30. The van der Waals surface area contributed by atoms with Gasteiger partial charge in [0.05, 0.1) is 12.1 Å². The first-order valence-electron chi connectivity index (χ1n) is 6.20. The lowest BCUT2D eigenvalue weighted by atomic mass is 10.2. The average molecular weight is 369 g/mol. The van der Waals surface area contributed by atoms with Crippen LogP contribution in [0.4, 0.5) is 5.13 Å². The van der Waals surface area contributed by atoms with Gasteiger partial charge >= 0.3 is 5.97 Å². The number of nitrogens with zero attached hydrogens (tertiary/aromatic N) is 1. The largest absolute Gasteiger partial charge is 0.481 e. The maximum Gasteiger partial charge on any atom is 0.303 e. The van der Waals surface area contributed by atoms with E-state index in [4.69, 9.17) is 5.11 Å². The first-order chi connectivity index (χ1) is 9.95. The van der Waals surface area contributed by atoms with Crippen molar-refractivity contribution in [3.8, 4) is 0 Å². The number of halogens is 1. The number of benzene rings is 1. The topological polar surface area (TPSA) is 79.3 Å². The number of thiazole rings is 1. The van der Waals surface area contributed by atoms with Crippen LogP contribution in [0.1, 0.15) is 27.3 Å². The highest BCUT2D eigenvalue weighted by Gasteiger charge is 2.12. The Kier molecular flexibility index (Phi) is 5.08. The number of rotatable bonds is 5. The Balaban J connectivity index is 2.05. The monoisotopic (exact) mass is 368 g/mol. The van der Waals surface area contributed by atoms with Crippen LogP contribution in [0.3, 0.4) is 0 Å². The van der Waals surface area contributed by atoms with Gasteiger partial charge in [0.1, 0.15) is 0 Å². The van der Waals surface area contributed by atoms with Crippen molar-refractivity contribution in [1.82, 2.24) is 4.98 Å². The summed E-state index contributed by atoms with van der Waals surface area (Å²) in [6, 6.07) is 7.01. The summed E-state index contributed by atoms with van der Waals surface area (Å²) in [5, 5.41) is 11.9. The number of carbonyl (C=O) groups excluding carboxylic acids is 1. The SMILES string of the molecule is Cc1nc(NC(=O)c2ccc(Br)cc2)sc1CCC(=O)O. The Labute approximate surface area is 134 Å². The number of anilines is 1. The Bertz CT molecular complexity index is 667. The molecule has 0 spiro atoms. The van der Waals surface area contributed by atoms with Gasteiger partial charge in [-0.15, -0.1) is 11.3 Å². The number of aryl methyl sites for hydroxylation is 2. The van der Waals surface area contributed by atoms with Gasteiger partial charge in [-0.2, -0.15) is 0 Å².